The normalized spacial score (nSPS) is 17.4. The third-order valence-electron chi connectivity index (χ3n) is 3.89. The summed E-state index contributed by atoms with van der Waals surface area (Å²) >= 11 is 0. The van der Waals surface area contributed by atoms with Gasteiger partial charge >= 0.3 is 12.0 Å². The van der Waals surface area contributed by atoms with E-state index in [2.05, 4.69) is 24.3 Å². The summed E-state index contributed by atoms with van der Waals surface area (Å²) in [6.07, 6.45) is 2.46. The zero-order valence-corrected chi connectivity index (χ0v) is 13.0. The maximum Gasteiger partial charge on any atom is 0.317 e. The van der Waals surface area contributed by atoms with Crippen LogP contribution in [-0.4, -0.2) is 65.7 Å². The van der Waals surface area contributed by atoms with Crippen molar-refractivity contribution in [3.05, 3.63) is 0 Å². The third-order valence-corrected chi connectivity index (χ3v) is 3.89. The number of carboxylic acid groups (broad SMARTS) is 1. The van der Waals surface area contributed by atoms with E-state index in [-0.39, 0.29) is 12.5 Å². The van der Waals surface area contributed by atoms with Gasteiger partial charge < -0.3 is 20.2 Å². The molecule has 1 aliphatic rings. The molecule has 2 N–H and O–H groups in total. The predicted octanol–water partition coefficient (Wildman–Crippen LogP) is 1.37. The Balaban J connectivity index is 2.41. The molecule has 0 saturated carbocycles. The topological polar surface area (TPSA) is 72.9 Å². The van der Waals surface area contributed by atoms with Crippen LogP contribution in [0.2, 0.25) is 0 Å². The van der Waals surface area contributed by atoms with Crippen molar-refractivity contribution in [3.63, 3.8) is 0 Å². The fourth-order valence-electron chi connectivity index (χ4n) is 2.44. The Bertz CT molecular complexity index is 348. The molecule has 1 rings (SSSR count). The number of rotatable bonds is 5. The van der Waals surface area contributed by atoms with Crippen molar-refractivity contribution < 1.29 is 14.7 Å². The van der Waals surface area contributed by atoms with E-state index in [1.807, 2.05) is 18.7 Å². The Kier molecular flexibility index (Phi) is 5.80. The molecular weight excluding hydrogens is 258 g/mol. The molecule has 20 heavy (non-hydrogen) atoms. The number of aliphatic carboxylic acids is 1. The van der Waals surface area contributed by atoms with Gasteiger partial charge in [-0.3, -0.25) is 4.79 Å². The fourth-order valence-corrected chi connectivity index (χ4v) is 2.44. The van der Waals surface area contributed by atoms with E-state index in [0.29, 0.717) is 12.5 Å². The summed E-state index contributed by atoms with van der Waals surface area (Å²) in [7, 11) is 4.13. The summed E-state index contributed by atoms with van der Waals surface area (Å²) < 4.78 is 0. The van der Waals surface area contributed by atoms with Gasteiger partial charge in [0.05, 0.1) is 0 Å². The summed E-state index contributed by atoms with van der Waals surface area (Å²) in [6, 6.07) is 0.455. The number of piperidine rings is 1. The monoisotopic (exact) mass is 285 g/mol. The molecule has 0 radical (unpaired) electrons. The highest BCUT2D eigenvalue weighted by atomic mass is 16.4. The fraction of sp³-hybridized carbons (Fsp3) is 0.857. The van der Waals surface area contributed by atoms with Crippen LogP contribution in [0.5, 0.6) is 0 Å². The SMILES string of the molecule is CN(C)C1CCN(C(=O)NC(C)(C)CCC(=O)O)CC1. The zero-order valence-electron chi connectivity index (χ0n) is 13.0. The van der Waals surface area contributed by atoms with Crippen LogP contribution in [0.25, 0.3) is 0 Å². The Morgan fingerprint density at radius 1 is 1.30 bits per heavy atom. The second-order valence-electron chi connectivity index (χ2n) is 6.39. The molecule has 0 bridgehead atoms. The molecule has 6 nitrogen and oxygen atoms in total. The second kappa shape index (κ2) is 6.92. The average molecular weight is 285 g/mol. The van der Waals surface area contributed by atoms with Crippen LogP contribution in [-0.2, 0) is 4.79 Å². The van der Waals surface area contributed by atoms with Crippen molar-refractivity contribution in [2.75, 3.05) is 27.2 Å². The minimum absolute atomic E-state index is 0.0655. The Morgan fingerprint density at radius 2 is 1.85 bits per heavy atom. The van der Waals surface area contributed by atoms with Crippen LogP contribution in [0.3, 0.4) is 0 Å². The van der Waals surface area contributed by atoms with Gasteiger partial charge in [-0.2, -0.15) is 0 Å². The minimum Gasteiger partial charge on any atom is -0.481 e. The van der Waals surface area contributed by atoms with Crippen molar-refractivity contribution >= 4 is 12.0 Å². The smallest absolute Gasteiger partial charge is 0.317 e. The van der Waals surface area contributed by atoms with Crippen LogP contribution < -0.4 is 5.32 Å². The van der Waals surface area contributed by atoms with Gasteiger partial charge in [-0.25, -0.2) is 4.79 Å². The molecule has 0 aromatic carbocycles. The molecular formula is C14H27N3O3. The van der Waals surface area contributed by atoms with Crippen molar-refractivity contribution in [1.82, 2.24) is 15.1 Å². The Hall–Kier alpha value is -1.30. The standard InChI is InChI=1S/C14H27N3O3/c1-14(2,8-5-12(18)19)15-13(20)17-9-6-11(7-10-17)16(3)4/h11H,5-10H2,1-4H3,(H,15,20)(H,18,19). The number of carbonyl (C=O) groups excluding carboxylic acids is 1. The van der Waals surface area contributed by atoms with E-state index >= 15 is 0 Å². The quantitative estimate of drug-likeness (QED) is 0.800. The summed E-state index contributed by atoms with van der Waals surface area (Å²) in [4.78, 5) is 26.8. The van der Waals surface area contributed by atoms with Gasteiger partial charge in [0.25, 0.3) is 0 Å². The second-order valence-corrected chi connectivity index (χ2v) is 6.39. The van der Waals surface area contributed by atoms with E-state index in [9.17, 15) is 9.59 Å². The molecule has 1 heterocycles. The summed E-state index contributed by atoms with van der Waals surface area (Å²) in [5.41, 5.74) is -0.492. The van der Waals surface area contributed by atoms with Gasteiger partial charge in [0.1, 0.15) is 0 Å². The largest absolute Gasteiger partial charge is 0.481 e. The molecule has 2 amide bonds. The van der Waals surface area contributed by atoms with Crippen molar-refractivity contribution in [3.8, 4) is 0 Å². The number of amides is 2. The molecule has 1 aliphatic heterocycles. The highest BCUT2D eigenvalue weighted by molar-refractivity contribution is 5.75. The van der Waals surface area contributed by atoms with Crippen LogP contribution in [0.1, 0.15) is 39.5 Å². The number of likely N-dealkylation sites (tertiary alicyclic amines) is 1. The van der Waals surface area contributed by atoms with Gasteiger partial charge in [0.2, 0.25) is 0 Å². The highest BCUT2D eigenvalue weighted by Crippen LogP contribution is 2.16. The maximum absolute atomic E-state index is 12.2. The maximum atomic E-state index is 12.2. The first-order valence-electron chi connectivity index (χ1n) is 7.16. The average Bonchev–Trinajstić information content (AvgIpc) is 2.36. The van der Waals surface area contributed by atoms with Crippen molar-refractivity contribution in [1.29, 1.82) is 0 Å². The molecule has 0 unspecified atom stereocenters. The number of nitrogens with zero attached hydrogens (tertiary/aromatic N) is 2. The molecule has 0 atom stereocenters. The predicted molar refractivity (Wildman–Crippen MR) is 77.8 cm³/mol. The van der Waals surface area contributed by atoms with E-state index in [1.165, 1.54) is 0 Å². The first kappa shape index (κ1) is 16.8. The molecule has 1 saturated heterocycles. The molecule has 0 aromatic rings. The van der Waals surface area contributed by atoms with E-state index in [0.717, 1.165) is 25.9 Å². The van der Waals surface area contributed by atoms with Crippen LogP contribution in [0.4, 0.5) is 4.79 Å². The Labute approximate surface area is 121 Å². The molecule has 116 valence electrons. The number of hydrogen-bond acceptors (Lipinski definition) is 3. The first-order valence-corrected chi connectivity index (χ1v) is 7.16. The first-order chi connectivity index (χ1) is 9.21. The van der Waals surface area contributed by atoms with Gasteiger partial charge in [-0.05, 0) is 47.2 Å². The van der Waals surface area contributed by atoms with Crippen LogP contribution in [0.15, 0.2) is 0 Å². The molecule has 0 aromatic heterocycles. The molecule has 0 spiro atoms. The third kappa shape index (κ3) is 5.36. The molecule has 0 aliphatic carbocycles. The van der Waals surface area contributed by atoms with E-state index in [1.54, 1.807) is 0 Å². The number of nitrogens with one attached hydrogen (secondary N) is 1. The zero-order chi connectivity index (χ0) is 15.3. The lowest BCUT2D eigenvalue weighted by Gasteiger charge is -2.37. The van der Waals surface area contributed by atoms with E-state index < -0.39 is 11.5 Å². The summed E-state index contributed by atoms with van der Waals surface area (Å²) in [6.45, 7) is 5.23. The summed E-state index contributed by atoms with van der Waals surface area (Å²) in [5, 5.41) is 11.6. The van der Waals surface area contributed by atoms with Gasteiger partial charge in [-0.1, -0.05) is 0 Å². The summed E-state index contributed by atoms with van der Waals surface area (Å²) in [5.74, 6) is -0.834. The number of carbonyl (C=O) groups is 2. The lowest BCUT2D eigenvalue weighted by atomic mass is 9.98. The van der Waals surface area contributed by atoms with E-state index in [4.69, 9.17) is 5.11 Å². The van der Waals surface area contributed by atoms with Crippen molar-refractivity contribution in [2.45, 2.75) is 51.1 Å². The minimum atomic E-state index is -0.834. The van der Waals surface area contributed by atoms with Gasteiger partial charge in [0.15, 0.2) is 0 Å². The van der Waals surface area contributed by atoms with Crippen LogP contribution in [0, 0.1) is 0 Å². The molecule has 1 fully saturated rings. The Morgan fingerprint density at radius 3 is 2.30 bits per heavy atom. The van der Waals surface area contributed by atoms with Gasteiger partial charge in [-0.15, -0.1) is 0 Å². The molecule has 6 heteroatoms. The number of carboxylic acids is 1. The number of hydrogen-bond donors (Lipinski definition) is 2. The van der Waals surface area contributed by atoms with Gasteiger partial charge in [0, 0.05) is 31.1 Å². The highest BCUT2D eigenvalue weighted by Gasteiger charge is 2.28. The number of urea groups is 1. The van der Waals surface area contributed by atoms with Crippen molar-refractivity contribution in [2.24, 2.45) is 0 Å². The van der Waals surface area contributed by atoms with Crippen LogP contribution >= 0.6 is 0 Å². The lowest BCUT2D eigenvalue weighted by Crippen LogP contribution is -2.53. The lowest BCUT2D eigenvalue weighted by molar-refractivity contribution is -0.137.